The molecule has 0 atom stereocenters. The van der Waals surface area contributed by atoms with Gasteiger partial charge in [0, 0.05) is 11.3 Å². The Morgan fingerprint density at radius 1 is 1.14 bits per heavy atom. The first-order chi connectivity index (χ1) is 13.5. The van der Waals surface area contributed by atoms with Crippen molar-refractivity contribution in [3.05, 3.63) is 70.9 Å². The first kappa shape index (κ1) is 20.0. The number of aliphatic hydroxyl groups is 1. The molecule has 0 bridgehead atoms. The number of hydrogen-bond donors (Lipinski definition) is 2. The maximum atomic E-state index is 12.2. The van der Waals surface area contributed by atoms with E-state index in [1.807, 2.05) is 24.3 Å². The molecule has 5 nitrogen and oxygen atoms in total. The average molecular weight is 400 g/mol. The third-order valence-electron chi connectivity index (χ3n) is 4.25. The van der Waals surface area contributed by atoms with Gasteiger partial charge in [-0.2, -0.15) is 0 Å². The standard InChI is InChI=1S/C22H22ClNO4/c1-14(2)15-3-6-17(7-4-15)27-13-22(26)24-16-5-9-20(23)19(11-16)21-10-8-18(12-25)28-21/h3-11,14,25H,12-13H2,1-2H3,(H,24,26). The van der Waals surface area contributed by atoms with Crippen LogP contribution in [0, 0.1) is 0 Å². The molecule has 0 spiro atoms. The predicted octanol–water partition coefficient (Wildman–Crippen LogP) is 5.23. The van der Waals surface area contributed by atoms with E-state index < -0.39 is 0 Å². The minimum Gasteiger partial charge on any atom is -0.484 e. The molecule has 0 saturated carbocycles. The average Bonchev–Trinajstić information content (AvgIpc) is 3.17. The number of hydrogen-bond acceptors (Lipinski definition) is 4. The molecule has 0 fully saturated rings. The van der Waals surface area contributed by atoms with Gasteiger partial charge in [0.25, 0.3) is 5.91 Å². The van der Waals surface area contributed by atoms with E-state index in [9.17, 15) is 4.79 Å². The van der Waals surface area contributed by atoms with Crippen molar-refractivity contribution in [2.24, 2.45) is 0 Å². The monoisotopic (exact) mass is 399 g/mol. The fourth-order valence-corrected chi connectivity index (χ4v) is 2.91. The minimum absolute atomic E-state index is 0.103. The first-order valence-electron chi connectivity index (χ1n) is 8.98. The van der Waals surface area contributed by atoms with Gasteiger partial charge in [-0.05, 0) is 53.9 Å². The second-order valence-corrected chi connectivity index (χ2v) is 7.09. The molecule has 6 heteroatoms. The van der Waals surface area contributed by atoms with Gasteiger partial charge in [0.1, 0.15) is 23.9 Å². The molecule has 0 aliphatic rings. The molecule has 1 aromatic heterocycles. The Balaban J connectivity index is 1.63. The number of nitrogens with one attached hydrogen (secondary N) is 1. The third kappa shape index (κ3) is 4.94. The lowest BCUT2D eigenvalue weighted by molar-refractivity contribution is -0.118. The van der Waals surface area contributed by atoms with Crippen LogP contribution in [0.25, 0.3) is 11.3 Å². The lowest BCUT2D eigenvalue weighted by atomic mass is 10.0. The number of benzene rings is 2. The summed E-state index contributed by atoms with van der Waals surface area (Å²) in [5.74, 6) is 1.77. The summed E-state index contributed by atoms with van der Waals surface area (Å²) in [6.07, 6.45) is 0. The van der Waals surface area contributed by atoms with E-state index in [-0.39, 0.29) is 19.1 Å². The zero-order chi connectivity index (χ0) is 20.1. The molecule has 2 N–H and O–H groups in total. The Kier molecular flexibility index (Phi) is 6.39. The number of carbonyl (C=O) groups is 1. The normalized spacial score (nSPS) is 10.9. The number of amides is 1. The van der Waals surface area contributed by atoms with Crippen molar-refractivity contribution in [1.29, 1.82) is 0 Å². The van der Waals surface area contributed by atoms with Crippen molar-refractivity contribution in [1.82, 2.24) is 0 Å². The van der Waals surface area contributed by atoms with Crippen LogP contribution in [0.2, 0.25) is 5.02 Å². The zero-order valence-electron chi connectivity index (χ0n) is 15.7. The molecule has 3 aromatic rings. The van der Waals surface area contributed by atoms with Crippen LogP contribution in [0.4, 0.5) is 5.69 Å². The molecular weight excluding hydrogens is 378 g/mol. The van der Waals surface area contributed by atoms with E-state index in [4.69, 9.17) is 25.9 Å². The lowest BCUT2D eigenvalue weighted by Crippen LogP contribution is -2.20. The summed E-state index contributed by atoms with van der Waals surface area (Å²) in [5.41, 5.74) is 2.42. The van der Waals surface area contributed by atoms with E-state index in [2.05, 4.69) is 19.2 Å². The summed E-state index contributed by atoms with van der Waals surface area (Å²) >= 11 is 6.24. The van der Waals surface area contributed by atoms with Gasteiger partial charge in [-0.15, -0.1) is 0 Å². The number of halogens is 1. The van der Waals surface area contributed by atoms with E-state index in [0.717, 1.165) is 0 Å². The Morgan fingerprint density at radius 2 is 1.89 bits per heavy atom. The number of rotatable bonds is 7. The largest absolute Gasteiger partial charge is 0.484 e. The predicted molar refractivity (Wildman–Crippen MR) is 110 cm³/mol. The Bertz CT molecular complexity index is 947. The summed E-state index contributed by atoms with van der Waals surface area (Å²) in [6, 6.07) is 16.2. The van der Waals surface area contributed by atoms with Gasteiger partial charge in [0.15, 0.2) is 6.61 Å². The minimum atomic E-state index is -0.281. The second kappa shape index (κ2) is 8.95. The molecule has 0 unspecified atom stereocenters. The molecular formula is C22H22ClNO4. The first-order valence-corrected chi connectivity index (χ1v) is 9.36. The highest BCUT2D eigenvalue weighted by Gasteiger charge is 2.11. The number of ether oxygens (including phenoxy) is 1. The van der Waals surface area contributed by atoms with Crippen molar-refractivity contribution in [2.75, 3.05) is 11.9 Å². The molecule has 2 aromatic carbocycles. The van der Waals surface area contributed by atoms with Gasteiger partial charge >= 0.3 is 0 Å². The maximum absolute atomic E-state index is 12.2. The molecule has 146 valence electrons. The summed E-state index contributed by atoms with van der Waals surface area (Å²) in [7, 11) is 0. The van der Waals surface area contributed by atoms with Crippen molar-refractivity contribution < 1.29 is 19.1 Å². The van der Waals surface area contributed by atoms with Gasteiger partial charge in [0.2, 0.25) is 0 Å². The van der Waals surface area contributed by atoms with Crippen LogP contribution in [0.1, 0.15) is 31.1 Å². The lowest BCUT2D eigenvalue weighted by Gasteiger charge is -2.10. The van der Waals surface area contributed by atoms with Crippen LogP contribution in [-0.4, -0.2) is 17.6 Å². The summed E-state index contributed by atoms with van der Waals surface area (Å²) in [5, 5.41) is 12.4. The van der Waals surface area contributed by atoms with Crippen LogP contribution in [0.15, 0.2) is 59.0 Å². The van der Waals surface area contributed by atoms with E-state index in [0.29, 0.717) is 39.5 Å². The van der Waals surface area contributed by atoms with Gasteiger partial charge in [0.05, 0.1) is 5.02 Å². The smallest absolute Gasteiger partial charge is 0.262 e. The third-order valence-corrected chi connectivity index (χ3v) is 4.58. The van der Waals surface area contributed by atoms with Crippen molar-refractivity contribution >= 4 is 23.2 Å². The molecule has 3 rings (SSSR count). The van der Waals surface area contributed by atoms with Crippen LogP contribution >= 0.6 is 11.6 Å². The summed E-state index contributed by atoms with van der Waals surface area (Å²) < 4.78 is 11.1. The van der Waals surface area contributed by atoms with Gasteiger partial charge in [-0.25, -0.2) is 0 Å². The SMILES string of the molecule is CC(C)c1ccc(OCC(=O)Nc2ccc(Cl)c(-c3ccc(CO)o3)c2)cc1. The molecule has 0 saturated heterocycles. The Hall–Kier alpha value is -2.76. The molecule has 0 aliphatic carbocycles. The highest BCUT2D eigenvalue weighted by Crippen LogP contribution is 2.32. The summed E-state index contributed by atoms with van der Waals surface area (Å²) in [6.45, 7) is 3.95. The maximum Gasteiger partial charge on any atom is 0.262 e. The van der Waals surface area contributed by atoms with Crippen LogP contribution < -0.4 is 10.1 Å². The number of carbonyl (C=O) groups excluding carboxylic acids is 1. The fourth-order valence-electron chi connectivity index (χ4n) is 2.69. The van der Waals surface area contributed by atoms with Crippen LogP contribution in [0.5, 0.6) is 5.75 Å². The molecule has 1 heterocycles. The van der Waals surface area contributed by atoms with Crippen molar-refractivity contribution in [2.45, 2.75) is 26.4 Å². The zero-order valence-corrected chi connectivity index (χ0v) is 16.5. The van der Waals surface area contributed by atoms with Gasteiger partial charge in [-0.1, -0.05) is 37.6 Å². The van der Waals surface area contributed by atoms with E-state index in [1.54, 1.807) is 30.3 Å². The van der Waals surface area contributed by atoms with Gasteiger partial charge in [-0.3, -0.25) is 4.79 Å². The topological polar surface area (TPSA) is 71.7 Å². The second-order valence-electron chi connectivity index (χ2n) is 6.68. The fraction of sp³-hybridized carbons (Fsp3) is 0.227. The molecule has 0 radical (unpaired) electrons. The van der Waals surface area contributed by atoms with Gasteiger partial charge < -0.3 is 19.6 Å². The van der Waals surface area contributed by atoms with E-state index in [1.165, 1.54) is 5.56 Å². The van der Waals surface area contributed by atoms with Crippen molar-refractivity contribution in [3.63, 3.8) is 0 Å². The van der Waals surface area contributed by atoms with E-state index >= 15 is 0 Å². The Labute approximate surface area is 168 Å². The number of anilines is 1. The Morgan fingerprint density at radius 3 is 2.54 bits per heavy atom. The molecule has 0 aliphatic heterocycles. The van der Waals surface area contributed by atoms with Crippen molar-refractivity contribution in [3.8, 4) is 17.1 Å². The molecule has 28 heavy (non-hydrogen) atoms. The number of aliphatic hydroxyl groups excluding tert-OH is 1. The highest BCUT2D eigenvalue weighted by molar-refractivity contribution is 6.33. The quantitative estimate of drug-likeness (QED) is 0.570. The highest BCUT2D eigenvalue weighted by atomic mass is 35.5. The number of furan rings is 1. The van der Waals surface area contributed by atoms with Crippen LogP contribution in [0.3, 0.4) is 0 Å². The van der Waals surface area contributed by atoms with Crippen LogP contribution in [-0.2, 0) is 11.4 Å². The molecule has 1 amide bonds. The summed E-state index contributed by atoms with van der Waals surface area (Å²) in [4.78, 5) is 12.2.